The molecule has 0 aliphatic carbocycles. The van der Waals surface area contributed by atoms with E-state index in [-0.39, 0.29) is 18.3 Å². The van der Waals surface area contributed by atoms with Crippen molar-refractivity contribution >= 4 is 11.9 Å². The number of hydroxylamine groups is 4. The monoisotopic (exact) mass is 625 g/mol. The van der Waals surface area contributed by atoms with Gasteiger partial charge in [-0.25, -0.2) is 0 Å². The van der Waals surface area contributed by atoms with Crippen LogP contribution in [0, 0.1) is 17.3 Å². The van der Waals surface area contributed by atoms with E-state index in [2.05, 4.69) is 79.4 Å². The second kappa shape index (κ2) is 16.1. The molecule has 0 bridgehead atoms. The van der Waals surface area contributed by atoms with E-state index in [1.54, 1.807) is 0 Å². The zero-order valence-corrected chi connectivity index (χ0v) is 30.1. The van der Waals surface area contributed by atoms with E-state index >= 15 is 0 Å². The highest BCUT2D eigenvalue weighted by atomic mass is 16.7. The maximum atomic E-state index is 13.6. The summed E-state index contributed by atoms with van der Waals surface area (Å²) in [5, 5.41) is 25.6. The normalized spacial score (nSPS) is 22.7. The number of piperidine rings is 2. The van der Waals surface area contributed by atoms with Crippen LogP contribution in [-0.2, 0) is 19.3 Å². The minimum absolute atomic E-state index is 0.326. The second-order valence-corrected chi connectivity index (χ2v) is 16.5. The molecule has 0 saturated carbocycles. The summed E-state index contributed by atoms with van der Waals surface area (Å²) in [6.07, 6.45) is 13.4. The first-order valence-corrected chi connectivity index (χ1v) is 17.7. The van der Waals surface area contributed by atoms with Crippen molar-refractivity contribution in [3.63, 3.8) is 0 Å². The van der Waals surface area contributed by atoms with E-state index in [0.717, 1.165) is 25.7 Å². The lowest BCUT2D eigenvalue weighted by atomic mass is 9.53. The molecule has 2 fully saturated rings. The van der Waals surface area contributed by atoms with Crippen molar-refractivity contribution in [3.8, 4) is 0 Å². The van der Waals surface area contributed by atoms with Gasteiger partial charge < -0.3 is 10.2 Å². The molecule has 2 aliphatic heterocycles. The number of hydrogen-bond donors (Lipinski definition) is 2. The van der Waals surface area contributed by atoms with Gasteiger partial charge in [0.15, 0.2) is 0 Å². The van der Waals surface area contributed by atoms with Gasteiger partial charge in [-0.1, -0.05) is 65.2 Å². The molecule has 2 heterocycles. The van der Waals surface area contributed by atoms with Gasteiger partial charge in [-0.15, -0.1) is 0 Å². The Kier molecular flexibility index (Phi) is 14.2. The molecular formula is C36H68N2O6. The first kappa shape index (κ1) is 39.0. The van der Waals surface area contributed by atoms with Gasteiger partial charge in [-0.2, -0.15) is 10.1 Å². The van der Waals surface area contributed by atoms with Crippen molar-refractivity contribution in [2.24, 2.45) is 17.3 Å². The third-order valence-electron chi connectivity index (χ3n) is 10.4. The summed E-state index contributed by atoms with van der Waals surface area (Å²) < 4.78 is 0. The molecule has 0 aromatic rings. The number of carbonyl (C=O) groups is 2. The van der Waals surface area contributed by atoms with E-state index < -0.39 is 39.5 Å². The van der Waals surface area contributed by atoms with Crippen LogP contribution < -0.4 is 0 Å². The average Bonchev–Trinajstić information content (AvgIpc) is 2.87. The second-order valence-electron chi connectivity index (χ2n) is 16.5. The number of nitrogens with zero attached hydrogens (tertiary/aromatic N) is 2. The summed E-state index contributed by atoms with van der Waals surface area (Å²) in [4.78, 5) is 39.0. The number of carboxylic acid groups (broad SMARTS) is 2. The Hall–Kier alpha value is -1.22. The Bertz CT molecular complexity index is 822. The standard InChI is InChI=1S/C36H68N2O6/c1-11-13-15-17-19-21-43-37-32(3,4)23-28(24-33(37,5)6)36(31(41)42,27-30(39)40)29-25-34(7,8)38(35(9,10)26-29)44-22-20-18-16-14-12-2/h28-29H,11-27H2,1-10H3,(H,39,40)(H,41,42). The predicted molar refractivity (Wildman–Crippen MR) is 177 cm³/mol. The molecule has 0 aromatic heterocycles. The summed E-state index contributed by atoms with van der Waals surface area (Å²) in [7, 11) is 0. The Morgan fingerprint density at radius 3 is 1.20 bits per heavy atom. The SMILES string of the molecule is CCCCCCCON1C(C)(C)CC(C(CC(=O)O)(C(=O)O)C2CC(C)(C)N(OCCCCCCC)C(C)(C)C2)CC1(C)C. The molecule has 2 rings (SSSR count). The van der Waals surface area contributed by atoms with Crippen molar-refractivity contribution in [1.82, 2.24) is 10.1 Å². The molecule has 44 heavy (non-hydrogen) atoms. The van der Waals surface area contributed by atoms with Crippen molar-refractivity contribution in [1.29, 1.82) is 0 Å². The number of carboxylic acids is 2. The van der Waals surface area contributed by atoms with Gasteiger partial charge >= 0.3 is 11.9 Å². The fourth-order valence-corrected chi connectivity index (χ4v) is 8.97. The van der Waals surface area contributed by atoms with Gasteiger partial charge in [0.2, 0.25) is 0 Å². The minimum Gasteiger partial charge on any atom is -0.481 e. The van der Waals surface area contributed by atoms with Gasteiger partial charge in [0, 0.05) is 22.2 Å². The highest BCUT2D eigenvalue weighted by Crippen LogP contribution is 2.58. The Morgan fingerprint density at radius 1 is 0.614 bits per heavy atom. The molecule has 0 unspecified atom stereocenters. The van der Waals surface area contributed by atoms with Crippen molar-refractivity contribution in [2.75, 3.05) is 13.2 Å². The van der Waals surface area contributed by atoms with Gasteiger partial charge in [0.1, 0.15) is 0 Å². The predicted octanol–water partition coefficient (Wildman–Crippen LogP) is 8.87. The number of unbranched alkanes of at least 4 members (excludes halogenated alkanes) is 8. The molecule has 0 amide bonds. The smallest absolute Gasteiger partial charge is 0.310 e. The molecular weight excluding hydrogens is 556 g/mol. The maximum Gasteiger partial charge on any atom is 0.310 e. The Balaban J connectivity index is 2.35. The molecule has 8 nitrogen and oxygen atoms in total. The summed E-state index contributed by atoms with van der Waals surface area (Å²) in [5.74, 6) is -2.68. The van der Waals surface area contributed by atoms with Crippen molar-refractivity contribution in [2.45, 2.75) is 188 Å². The fourth-order valence-electron chi connectivity index (χ4n) is 8.97. The summed E-state index contributed by atoms with van der Waals surface area (Å²) >= 11 is 0. The van der Waals surface area contributed by atoms with Crippen LogP contribution in [0.4, 0.5) is 0 Å². The van der Waals surface area contributed by atoms with Gasteiger partial charge in [0.25, 0.3) is 0 Å². The van der Waals surface area contributed by atoms with E-state index in [1.807, 2.05) is 0 Å². The van der Waals surface area contributed by atoms with Crippen LogP contribution in [0.3, 0.4) is 0 Å². The van der Waals surface area contributed by atoms with E-state index in [4.69, 9.17) is 9.68 Å². The van der Waals surface area contributed by atoms with Crippen molar-refractivity contribution in [3.05, 3.63) is 0 Å². The number of rotatable bonds is 19. The summed E-state index contributed by atoms with van der Waals surface area (Å²) in [6, 6.07) is 0. The lowest BCUT2D eigenvalue weighted by molar-refractivity contribution is -0.306. The van der Waals surface area contributed by atoms with Crippen LogP contribution in [0.5, 0.6) is 0 Å². The van der Waals surface area contributed by atoms with Crippen LogP contribution >= 0.6 is 0 Å². The Morgan fingerprint density at radius 2 is 0.932 bits per heavy atom. The minimum atomic E-state index is -1.41. The maximum absolute atomic E-state index is 13.6. The van der Waals surface area contributed by atoms with E-state index in [0.29, 0.717) is 38.9 Å². The highest BCUT2D eigenvalue weighted by Gasteiger charge is 2.62. The van der Waals surface area contributed by atoms with Crippen LogP contribution in [0.15, 0.2) is 0 Å². The molecule has 0 spiro atoms. The van der Waals surface area contributed by atoms with E-state index in [1.165, 1.54) is 38.5 Å². The molecule has 2 N–H and O–H groups in total. The zero-order chi connectivity index (χ0) is 33.4. The van der Waals surface area contributed by atoms with E-state index in [9.17, 15) is 19.8 Å². The first-order chi connectivity index (χ1) is 20.4. The summed E-state index contributed by atoms with van der Waals surface area (Å²) in [6.45, 7) is 22.7. The Labute approximate surface area is 269 Å². The van der Waals surface area contributed by atoms with Crippen LogP contribution in [0.2, 0.25) is 0 Å². The molecule has 0 aromatic carbocycles. The fraction of sp³-hybridized carbons (Fsp3) is 0.944. The molecule has 2 saturated heterocycles. The van der Waals surface area contributed by atoms with Crippen LogP contribution in [-0.4, -0.2) is 67.6 Å². The number of aliphatic carboxylic acids is 2. The third kappa shape index (κ3) is 9.65. The third-order valence-corrected chi connectivity index (χ3v) is 10.4. The van der Waals surface area contributed by atoms with Gasteiger partial charge in [0.05, 0.1) is 25.0 Å². The topological polar surface area (TPSA) is 99.5 Å². The van der Waals surface area contributed by atoms with Crippen LogP contribution in [0.25, 0.3) is 0 Å². The molecule has 2 aliphatic rings. The lowest BCUT2D eigenvalue weighted by Crippen LogP contribution is -2.67. The number of hydrogen-bond acceptors (Lipinski definition) is 6. The van der Waals surface area contributed by atoms with Gasteiger partial charge in [-0.3, -0.25) is 19.3 Å². The van der Waals surface area contributed by atoms with Gasteiger partial charge in [-0.05, 0) is 106 Å². The zero-order valence-electron chi connectivity index (χ0n) is 30.1. The largest absolute Gasteiger partial charge is 0.481 e. The lowest BCUT2D eigenvalue weighted by Gasteiger charge is -2.61. The molecule has 258 valence electrons. The van der Waals surface area contributed by atoms with Crippen molar-refractivity contribution < 1.29 is 29.5 Å². The van der Waals surface area contributed by atoms with Crippen LogP contribution in [0.1, 0.15) is 166 Å². The average molecular weight is 625 g/mol. The first-order valence-electron chi connectivity index (χ1n) is 17.7. The summed E-state index contributed by atoms with van der Waals surface area (Å²) in [5.41, 5.74) is -3.24. The molecule has 0 atom stereocenters. The highest BCUT2D eigenvalue weighted by molar-refractivity contribution is 5.82. The quantitative estimate of drug-likeness (QED) is 0.138. The molecule has 8 heteroatoms. The molecule has 0 radical (unpaired) electrons.